The zero-order valence-corrected chi connectivity index (χ0v) is 24.0. The zero-order valence-electron chi connectivity index (χ0n) is 23.2. The van der Waals surface area contributed by atoms with Crippen LogP contribution in [0.5, 0.6) is 0 Å². The lowest BCUT2D eigenvalue weighted by Crippen LogP contribution is -2.50. The van der Waals surface area contributed by atoms with Crippen molar-refractivity contribution in [1.29, 1.82) is 0 Å². The number of piperazine rings is 1. The maximum absolute atomic E-state index is 14.0. The average molecular weight is 552 g/mol. The highest BCUT2D eigenvalue weighted by molar-refractivity contribution is 6.30. The van der Waals surface area contributed by atoms with Gasteiger partial charge in [0.2, 0.25) is 0 Å². The van der Waals surface area contributed by atoms with Gasteiger partial charge in [-0.2, -0.15) is 0 Å². The minimum atomic E-state index is -0.538. The van der Waals surface area contributed by atoms with Crippen molar-refractivity contribution in [2.75, 3.05) is 31.1 Å². The van der Waals surface area contributed by atoms with Crippen molar-refractivity contribution in [2.45, 2.75) is 59.1 Å². The number of rotatable bonds is 3. The maximum Gasteiger partial charge on any atom is 0.410 e. The van der Waals surface area contributed by atoms with Crippen LogP contribution in [0.3, 0.4) is 0 Å². The van der Waals surface area contributed by atoms with E-state index in [1.807, 2.05) is 71.9 Å². The Labute approximate surface area is 232 Å². The average Bonchev–Trinajstić information content (AvgIpc) is 3.33. The summed E-state index contributed by atoms with van der Waals surface area (Å²) in [5.74, 6) is 0.582. The second-order valence-electron chi connectivity index (χ2n) is 11.9. The molecule has 1 aromatic carbocycles. The largest absolute Gasteiger partial charge is 0.444 e. The van der Waals surface area contributed by atoms with E-state index in [1.54, 1.807) is 20.1 Å². The summed E-state index contributed by atoms with van der Waals surface area (Å²) in [4.78, 5) is 35.2. The second-order valence-corrected chi connectivity index (χ2v) is 12.4. The van der Waals surface area contributed by atoms with Crippen LogP contribution in [0.15, 0.2) is 41.3 Å². The predicted octanol–water partition coefficient (Wildman–Crippen LogP) is 4.50. The molecule has 5 rings (SSSR count). The van der Waals surface area contributed by atoms with Gasteiger partial charge < -0.3 is 14.5 Å². The number of aromatic nitrogens is 5. The molecule has 39 heavy (non-hydrogen) atoms. The molecule has 206 valence electrons. The molecule has 1 aliphatic rings. The maximum atomic E-state index is 14.0. The molecule has 0 aliphatic carbocycles. The van der Waals surface area contributed by atoms with Crippen molar-refractivity contribution >= 4 is 40.1 Å². The number of benzene rings is 1. The second kappa shape index (κ2) is 9.82. The van der Waals surface area contributed by atoms with Crippen molar-refractivity contribution in [1.82, 2.24) is 29.0 Å². The zero-order chi connectivity index (χ0) is 28.1. The first kappa shape index (κ1) is 26.9. The number of hydrogen-bond donors (Lipinski definition) is 0. The van der Waals surface area contributed by atoms with Gasteiger partial charge >= 0.3 is 11.8 Å². The van der Waals surface area contributed by atoms with E-state index in [4.69, 9.17) is 21.3 Å². The fourth-order valence-corrected chi connectivity index (χ4v) is 4.85. The molecule has 0 saturated carbocycles. The van der Waals surface area contributed by atoms with Crippen LogP contribution in [-0.2, 0) is 16.7 Å². The number of fused-ring (bicyclic) bond motifs is 3. The fraction of sp³-hybridized carbons (Fsp3) is 0.464. The molecule has 0 bridgehead atoms. The third-order valence-electron chi connectivity index (χ3n) is 6.66. The van der Waals surface area contributed by atoms with E-state index >= 15 is 0 Å². The number of pyridine rings is 1. The Morgan fingerprint density at radius 3 is 2.28 bits per heavy atom. The van der Waals surface area contributed by atoms with Gasteiger partial charge in [0.05, 0.1) is 23.9 Å². The Bertz CT molecular complexity index is 1590. The molecule has 0 unspecified atom stereocenters. The van der Waals surface area contributed by atoms with Crippen LogP contribution in [0.4, 0.5) is 10.5 Å². The predicted molar refractivity (Wildman–Crippen MR) is 152 cm³/mol. The van der Waals surface area contributed by atoms with Gasteiger partial charge in [-0.25, -0.2) is 19.0 Å². The number of amides is 1. The minimum Gasteiger partial charge on any atom is -0.444 e. The number of halogens is 1. The summed E-state index contributed by atoms with van der Waals surface area (Å²) >= 11 is 6.11. The number of nitrogens with zero attached hydrogens (tertiary/aromatic N) is 7. The van der Waals surface area contributed by atoms with Crippen molar-refractivity contribution in [3.63, 3.8) is 0 Å². The number of ether oxygens (including phenoxy) is 1. The highest BCUT2D eigenvalue weighted by Gasteiger charge is 2.28. The summed E-state index contributed by atoms with van der Waals surface area (Å²) in [5, 5.41) is 9.40. The first-order chi connectivity index (χ1) is 18.3. The van der Waals surface area contributed by atoms with Gasteiger partial charge in [-0.05, 0) is 44.5 Å². The summed E-state index contributed by atoms with van der Waals surface area (Å²) in [6.45, 7) is 14.2. The highest BCUT2D eigenvalue weighted by atomic mass is 35.5. The monoisotopic (exact) mass is 551 g/mol. The normalized spacial score (nSPS) is 14.8. The molecule has 0 atom stereocenters. The molecule has 1 aliphatic heterocycles. The molecule has 10 nitrogen and oxygen atoms in total. The molecule has 0 N–H and O–H groups in total. The van der Waals surface area contributed by atoms with Crippen molar-refractivity contribution < 1.29 is 9.53 Å². The number of carbonyl (C=O) groups is 1. The van der Waals surface area contributed by atoms with E-state index in [0.717, 1.165) is 11.3 Å². The molecule has 1 fully saturated rings. The fourth-order valence-electron chi connectivity index (χ4n) is 4.72. The lowest BCUT2D eigenvalue weighted by atomic mass is 9.96. The first-order valence-electron chi connectivity index (χ1n) is 13.1. The van der Waals surface area contributed by atoms with Gasteiger partial charge in [-0.15, -0.1) is 10.2 Å². The van der Waals surface area contributed by atoms with Gasteiger partial charge in [0.15, 0.2) is 5.65 Å². The van der Waals surface area contributed by atoms with Crippen LogP contribution in [0, 0.1) is 0 Å². The van der Waals surface area contributed by atoms with Gasteiger partial charge in [0.25, 0.3) is 0 Å². The molecule has 11 heteroatoms. The van der Waals surface area contributed by atoms with E-state index in [-0.39, 0.29) is 11.8 Å². The molecular weight excluding hydrogens is 518 g/mol. The van der Waals surface area contributed by atoms with Crippen LogP contribution in [0.1, 0.15) is 52.9 Å². The lowest BCUT2D eigenvalue weighted by molar-refractivity contribution is 0.0240. The van der Waals surface area contributed by atoms with E-state index in [0.29, 0.717) is 60.3 Å². The minimum absolute atomic E-state index is 0.226. The van der Waals surface area contributed by atoms with Gasteiger partial charge in [0, 0.05) is 36.6 Å². The molecule has 0 radical (unpaired) electrons. The Hall–Kier alpha value is -3.66. The Morgan fingerprint density at radius 2 is 1.67 bits per heavy atom. The van der Waals surface area contributed by atoms with Crippen LogP contribution < -0.4 is 10.6 Å². The van der Waals surface area contributed by atoms with Crippen molar-refractivity contribution in [3.8, 4) is 0 Å². The first-order valence-corrected chi connectivity index (χ1v) is 13.4. The van der Waals surface area contributed by atoms with Crippen LogP contribution in [-0.4, -0.2) is 66.9 Å². The lowest BCUT2D eigenvalue weighted by Gasteiger charge is -2.36. The summed E-state index contributed by atoms with van der Waals surface area (Å²) in [6.07, 6.45) is 1.49. The number of carbonyl (C=O) groups excluding carboxylic acids is 1. The van der Waals surface area contributed by atoms with E-state index < -0.39 is 11.0 Å². The van der Waals surface area contributed by atoms with Crippen molar-refractivity contribution in [3.05, 3.63) is 63.4 Å². The third-order valence-corrected chi connectivity index (χ3v) is 6.91. The van der Waals surface area contributed by atoms with E-state index in [9.17, 15) is 9.59 Å². The number of hydrogen-bond acceptors (Lipinski definition) is 7. The molecule has 1 amide bonds. The summed E-state index contributed by atoms with van der Waals surface area (Å²) in [6, 6.07) is 9.43. The van der Waals surface area contributed by atoms with Crippen LogP contribution in [0.25, 0.3) is 16.7 Å². The third kappa shape index (κ3) is 5.43. The Kier molecular flexibility index (Phi) is 6.78. The van der Waals surface area contributed by atoms with Crippen LogP contribution >= 0.6 is 11.6 Å². The van der Waals surface area contributed by atoms with Gasteiger partial charge in [0.1, 0.15) is 16.9 Å². The highest BCUT2D eigenvalue weighted by Crippen LogP contribution is 2.26. The summed E-state index contributed by atoms with van der Waals surface area (Å²) in [5.41, 5.74) is 2.36. The standard InChI is InChI=1S/C28H34ClN7O3/c1-27(2,3)24-32-31-23-22-21(35(25(37)36(23)24)17-18-7-9-19(29)10-8-18)15-20(16-30-22)33-11-13-34(14-12-33)26(38)39-28(4,5)6/h7-10,15-16H,11-14,17H2,1-6H3. The SMILES string of the molecule is CC(C)(C)OC(=O)N1CCN(c2cnc3c(c2)n(Cc2ccc(Cl)cc2)c(=O)n2c(C(C)(C)C)nnc32)CC1. The van der Waals surface area contributed by atoms with Crippen molar-refractivity contribution in [2.24, 2.45) is 0 Å². The van der Waals surface area contributed by atoms with E-state index in [1.165, 1.54) is 0 Å². The number of anilines is 1. The topological polar surface area (TPSA) is 97.9 Å². The van der Waals surface area contributed by atoms with Gasteiger partial charge in [-0.1, -0.05) is 44.5 Å². The van der Waals surface area contributed by atoms with Crippen LogP contribution in [0.2, 0.25) is 5.02 Å². The Balaban J connectivity index is 1.55. The van der Waals surface area contributed by atoms with E-state index in [2.05, 4.69) is 15.1 Å². The molecule has 1 saturated heterocycles. The summed E-state index contributed by atoms with van der Waals surface area (Å²) < 4.78 is 8.82. The molecule has 4 aromatic rings. The molecule has 0 spiro atoms. The molecule has 3 aromatic heterocycles. The quantitative estimate of drug-likeness (QED) is 0.370. The summed E-state index contributed by atoms with van der Waals surface area (Å²) in [7, 11) is 0. The smallest absolute Gasteiger partial charge is 0.410 e. The van der Waals surface area contributed by atoms with Gasteiger partial charge in [-0.3, -0.25) is 4.57 Å². The molecule has 4 heterocycles. The Morgan fingerprint density at radius 1 is 1.00 bits per heavy atom. The molecular formula is C28H34ClN7O3.